The molecule has 2 N–H and O–H groups in total. The van der Waals surface area contributed by atoms with E-state index in [4.69, 9.17) is 9.52 Å². The molecule has 18 heavy (non-hydrogen) atoms. The maximum atomic E-state index is 11.7. The van der Waals surface area contributed by atoms with E-state index in [0.717, 1.165) is 6.26 Å². The van der Waals surface area contributed by atoms with Gasteiger partial charge in [-0.1, -0.05) is 0 Å². The Balaban J connectivity index is 2.12. The van der Waals surface area contributed by atoms with Crippen LogP contribution in [-0.2, 0) is 11.3 Å². The summed E-state index contributed by atoms with van der Waals surface area (Å²) < 4.78 is 44.4. The molecule has 0 atom stereocenters. The number of carboxylic acids is 1. The molecule has 102 valence electrons. The fraction of sp³-hybridized carbons (Fsp3) is 0.500. The van der Waals surface area contributed by atoms with Gasteiger partial charge in [0.2, 0.25) is 0 Å². The zero-order valence-corrected chi connectivity index (χ0v) is 9.29. The van der Waals surface area contributed by atoms with E-state index >= 15 is 0 Å². The molecule has 5 nitrogen and oxygen atoms in total. The lowest BCUT2D eigenvalue weighted by Gasteiger charge is -2.07. The minimum atomic E-state index is -4.32. The molecular formula is C10H12F3NO4. The molecule has 0 fully saturated rings. The quantitative estimate of drug-likeness (QED) is 0.735. The van der Waals surface area contributed by atoms with E-state index in [1.54, 1.807) is 0 Å². The molecule has 0 aliphatic carbocycles. The summed E-state index contributed by atoms with van der Waals surface area (Å²) in [5.41, 5.74) is 0.0279. The average molecular weight is 267 g/mol. The Hall–Kier alpha value is -1.54. The second-order valence-electron chi connectivity index (χ2n) is 3.45. The Bertz CT molecular complexity index is 389. The van der Waals surface area contributed by atoms with Crippen LogP contribution in [0.1, 0.15) is 16.1 Å². The first-order chi connectivity index (χ1) is 8.38. The highest BCUT2D eigenvalue weighted by molar-refractivity contribution is 5.87. The van der Waals surface area contributed by atoms with Gasteiger partial charge in [-0.2, -0.15) is 13.2 Å². The fourth-order valence-electron chi connectivity index (χ4n) is 1.13. The van der Waals surface area contributed by atoms with Crippen molar-refractivity contribution in [3.8, 4) is 0 Å². The number of hydrogen-bond donors (Lipinski definition) is 2. The Morgan fingerprint density at radius 3 is 2.78 bits per heavy atom. The van der Waals surface area contributed by atoms with Crippen molar-refractivity contribution in [3.63, 3.8) is 0 Å². The third kappa shape index (κ3) is 5.69. The fourth-order valence-corrected chi connectivity index (χ4v) is 1.13. The van der Waals surface area contributed by atoms with Gasteiger partial charge in [0.1, 0.15) is 18.6 Å². The molecule has 1 aromatic heterocycles. The zero-order chi connectivity index (χ0) is 13.6. The van der Waals surface area contributed by atoms with Crippen molar-refractivity contribution in [2.45, 2.75) is 12.7 Å². The van der Waals surface area contributed by atoms with E-state index in [2.05, 4.69) is 10.1 Å². The summed E-state index contributed by atoms with van der Waals surface area (Å²) in [6.07, 6.45) is -3.23. The van der Waals surface area contributed by atoms with Crippen LogP contribution in [0.4, 0.5) is 13.2 Å². The molecule has 1 aromatic rings. The van der Waals surface area contributed by atoms with Gasteiger partial charge in [-0.3, -0.25) is 0 Å². The van der Waals surface area contributed by atoms with Crippen LogP contribution < -0.4 is 5.32 Å². The summed E-state index contributed by atoms with van der Waals surface area (Å²) in [4.78, 5) is 10.5. The van der Waals surface area contributed by atoms with Gasteiger partial charge >= 0.3 is 12.1 Å². The SMILES string of the molecule is O=C(O)c1coc(CNCCOCC(F)(F)F)c1. The van der Waals surface area contributed by atoms with E-state index in [-0.39, 0.29) is 25.3 Å². The average Bonchev–Trinajstić information content (AvgIpc) is 2.70. The highest BCUT2D eigenvalue weighted by atomic mass is 19.4. The van der Waals surface area contributed by atoms with Crippen molar-refractivity contribution in [1.29, 1.82) is 0 Å². The van der Waals surface area contributed by atoms with Crippen molar-refractivity contribution < 1.29 is 32.2 Å². The number of halogens is 3. The second kappa shape index (κ2) is 6.41. The van der Waals surface area contributed by atoms with E-state index in [9.17, 15) is 18.0 Å². The highest BCUT2D eigenvalue weighted by Crippen LogP contribution is 2.14. The first-order valence-corrected chi connectivity index (χ1v) is 5.04. The summed E-state index contributed by atoms with van der Waals surface area (Å²) in [5.74, 6) is -0.707. The second-order valence-corrected chi connectivity index (χ2v) is 3.45. The van der Waals surface area contributed by atoms with Crippen molar-refractivity contribution in [2.75, 3.05) is 19.8 Å². The van der Waals surface area contributed by atoms with Crippen LogP contribution in [-0.4, -0.2) is 37.0 Å². The Morgan fingerprint density at radius 1 is 1.50 bits per heavy atom. The van der Waals surface area contributed by atoms with Crippen molar-refractivity contribution in [3.05, 3.63) is 23.7 Å². The smallest absolute Gasteiger partial charge is 0.411 e. The summed E-state index contributed by atoms with van der Waals surface area (Å²) in [7, 11) is 0. The number of furan rings is 1. The van der Waals surface area contributed by atoms with Crippen LogP contribution in [0.3, 0.4) is 0 Å². The third-order valence-electron chi connectivity index (χ3n) is 1.89. The lowest BCUT2D eigenvalue weighted by atomic mass is 10.3. The van der Waals surface area contributed by atoms with Crippen LogP contribution in [0, 0.1) is 0 Å². The molecule has 8 heteroatoms. The predicted molar refractivity (Wildman–Crippen MR) is 54.2 cm³/mol. The molecule has 0 spiro atoms. The summed E-state index contributed by atoms with van der Waals surface area (Å²) in [6, 6.07) is 1.34. The molecule has 0 aromatic carbocycles. The maximum Gasteiger partial charge on any atom is 0.411 e. The first-order valence-electron chi connectivity index (χ1n) is 5.04. The molecule has 0 saturated carbocycles. The standard InChI is InChI=1S/C10H12F3NO4/c11-10(12,13)6-17-2-1-14-4-8-3-7(5-18-8)9(15)16/h3,5,14H,1-2,4,6H2,(H,15,16). The highest BCUT2D eigenvalue weighted by Gasteiger charge is 2.27. The van der Waals surface area contributed by atoms with Gasteiger partial charge in [0, 0.05) is 6.54 Å². The lowest BCUT2D eigenvalue weighted by molar-refractivity contribution is -0.173. The van der Waals surface area contributed by atoms with Gasteiger partial charge in [0.05, 0.1) is 18.7 Å². The van der Waals surface area contributed by atoms with Crippen LogP contribution in [0.2, 0.25) is 0 Å². The number of aromatic carboxylic acids is 1. The van der Waals surface area contributed by atoms with Gasteiger partial charge in [0.25, 0.3) is 0 Å². The third-order valence-corrected chi connectivity index (χ3v) is 1.89. The van der Waals surface area contributed by atoms with Crippen molar-refractivity contribution in [2.24, 2.45) is 0 Å². The summed E-state index contributed by atoms with van der Waals surface area (Å²) in [5, 5.41) is 11.4. The number of ether oxygens (including phenoxy) is 1. The summed E-state index contributed by atoms with van der Waals surface area (Å²) in [6.45, 7) is -0.938. The molecule has 0 aliphatic heterocycles. The number of alkyl halides is 3. The number of hydrogen-bond acceptors (Lipinski definition) is 4. The summed E-state index contributed by atoms with van der Waals surface area (Å²) >= 11 is 0. The molecule has 1 rings (SSSR count). The van der Waals surface area contributed by atoms with E-state index in [1.807, 2.05) is 0 Å². The van der Waals surface area contributed by atoms with E-state index < -0.39 is 18.8 Å². The minimum absolute atomic E-state index is 0.0279. The Kier molecular flexibility index (Phi) is 5.17. The van der Waals surface area contributed by atoms with E-state index in [1.165, 1.54) is 6.07 Å². The molecule has 0 aliphatic rings. The predicted octanol–water partition coefficient (Wildman–Crippen LogP) is 1.65. The monoisotopic (exact) mass is 267 g/mol. The van der Waals surface area contributed by atoms with Crippen LogP contribution in [0.5, 0.6) is 0 Å². The van der Waals surface area contributed by atoms with Crippen molar-refractivity contribution in [1.82, 2.24) is 5.32 Å². The number of carboxylic acid groups (broad SMARTS) is 1. The first kappa shape index (κ1) is 14.5. The van der Waals surface area contributed by atoms with Crippen molar-refractivity contribution >= 4 is 5.97 Å². The van der Waals surface area contributed by atoms with E-state index in [0.29, 0.717) is 5.76 Å². The Labute approximate surface area is 101 Å². The molecule has 0 radical (unpaired) electrons. The topological polar surface area (TPSA) is 71.7 Å². The molecule has 0 unspecified atom stereocenters. The molecular weight excluding hydrogens is 255 g/mol. The normalized spacial score (nSPS) is 11.7. The van der Waals surface area contributed by atoms with Gasteiger partial charge in [0.15, 0.2) is 0 Å². The van der Waals surface area contributed by atoms with Gasteiger partial charge in [-0.15, -0.1) is 0 Å². The molecule has 0 saturated heterocycles. The minimum Gasteiger partial charge on any atom is -0.478 e. The van der Waals surface area contributed by atoms with Crippen LogP contribution in [0.15, 0.2) is 16.7 Å². The molecule has 1 heterocycles. The zero-order valence-electron chi connectivity index (χ0n) is 9.29. The lowest BCUT2D eigenvalue weighted by Crippen LogP contribution is -2.23. The largest absolute Gasteiger partial charge is 0.478 e. The number of rotatable bonds is 7. The molecule has 0 bridgehead atoms. The maximum absolute atomic E-state index is 11.7. The van der Waals surface area contributed by atoms with Gasteiger partial charge in [-0.25, -0.2) is 4.79 Å². The number of nitrogens with one attached hydrogen (secondary N) is 1. The molecule has 0 amide bonds. The van der Waals surface area contributed by atoms with Gasteiger partial charge in [-0.05, 0) is 6.07 Å². The Morgan fingerprint density at radius 2 is 2.22 bits per heavy atom. The number of carbonyl (C=O) groups is 1. The van der Waals surface area contributed by atoms with Crippen LogP contribution >= 0.6 is 0 Å². The van der Waals surface area contributed by atoms with Gasteiger partial charge < -0.3 is 19.6 Å². The van der Waals surface area contributed by atoms with Crippen LogP contribution in [0.25, 0.3) is 0 Å².